The van der Waals surface area contributed by atoms with Crippen molar-refractivity contribution in [3.8, 4) is 5.82 Å². The van der Waals surface area contributed by atoms with E-state index >= 15 is 0 Å². The van der Waals surface area contributed by atoms with Crippen LogP contribution in [0.1, 0.15) is 43.3 Å². The number of hydrogen-bond acceptors (Lipinski definition) is 3. The summed E-state index contributed by atoms with van der Waals surface area (Å²) in [6.45, 7) is 2.12. The Morgan fingerprint density at radius 3 is 2.89 bits per heavy atom. The van der Waals surface area contributed by atoms with Crippen molar-refractivity contribution in [3.05, 3.63) is 35.8 Å². The van der Waals surface area contributed by atoms with Crippen LogP contribution in [0, 0.1) is 0 Å². The first-order valence-electron chi connectivity index (χ1n) is 6.75. The molecule has 0 saturated heterocycles. The van der Waals surface area contributed by atoms with Crippen LogP contribution >= 0.6 is 0 Å². The summed E-state index contributed by atoms with van der Waals surface area (Å²) in [7, 11) is 0. The topological polar surface area (TPSA) is 43.6 Å². The molecule has 0 aromatic carbocycles. The minimum Gasteiger partial charge on any atom is -0.288 e. The molecule has 0 bridgehead atoms. The maximum absolute atomic E-state index is 4.50. The number of nitrogens with zero attached hydrogens (tertiary/aromatic N) is 4. The molecule has 0 saturated carbocycles. The monoisotopic (exact) mass is 242 g/mol. The van der Waals surface area contributed by atoms with Gasteiger partial charge in [-0.1, -0.05) is 13.3 Å². The summed E-state index contributed by atoms with van der Waals surface area (Å²) < 4.78 is 2.12. The lowest BCUT2D eigenvalue weighted by molar-refractivity contribution is 0.708. The second kappa shape index (κ2) is 4.88. The molecule has 0 fully saturated rings. The molecular weight excluding hydrogens is 224 g/mol. The second-order valence-corrected chi connectivity index (χ2v) is 4.75. The molecule has 0 radical (unpaired) electrons. The summed E-state index contributed by atoms with van der Waals surface area (Å²) in [5, 5.41) is 0. The predicted molar refractivity (Wildman–Crippen MR) is 69.8 cm³/mol. The van der Waals surface area contributed by atoms with Gasteiger partial charge in [-0.2, -0.15) is 0 Å². The summed E-state index contributed by atoms with van der Waals surface area (Å²) in [6, 6.07) is 0. The smallest absolute Gasteiger partial charge is 0.144 e. The van der Waals surface area contributed by atoms with Crippen LogP contribution in [0.5, 0.6) is 0 Å². The Kier molecular flexibility index (Phi) is 3.09. The molecule has 0 aliphatic heterocycles. The third-order valence-electron chi connectivity index (χ3n) is 3.61. The highest BCUT2D eigenvalue weighted by atomic mass is 15.1. The highest BCUT2D eigenvalue weighted by Gasteiger charge is 2.16. The standard InChI is InChI=1S/C14H18N4/c1-2-13-15-8-9-18(13)14-11-6-4-3-5-7-12(11)16-10-17-14/h8-10H,2-7H2,1H3. The summed E-state index contributed by atoms with van der Waals surface area (Å²) in [6.07, 6.45) is 12.4. The minimum absolute atomic E-state index is 0.922. The lowest BCUT2D eigenvalue weighted by atomic mass is 10.1. The Labute approximate surface area is 107 Å². The molecule has 18 heavy (non-hydrogen) atoms. The molecule has 2 aromatic rings. The van der Waals surface area contributed by atoms with Crippen molar-refractivity contribution in [1.82, 2.24) is 19.5 Å². The Balaban J connectivity index is 2.12. The van der Waals surface area contributed by atoms with Crippen molar-refractivity contribution in [1.29, 1.82) is 0 Å². The Morgan fingerprint density at radius 1 is 1.11 bits per heavy atom. The highest BCUT2D eigenvalue weighted by molar-refractivity contribution is 5.38. The van der Waals surface area contributed by atoms with Gasteiger partial charge in [0.25, 0.3) is 0 Å². The number of aryl methyl sites for hydroxylation is 2. The lowest BCUT2D eigenvalue weighted by Crippen LogP contribution is -2.09. The normalized spacial score (nSPS) is 15.2. The zero-order valence-electron chi connectivity index (χ0n) is 10.8. The zero-order valence-corrected chi connectivity index (χ0v) is 10.8. The van der Waals surface area contributed by atoms with Crippen LogP contribution in [0.4, 0.5) is 0 Å². The van der Waals surface area contributed by atoms with Crippen LogP contribution in [0.3, 0.4) is 0 Å². The molecule has 2 aromatic heterocycles. The molecular formula is C14H18N4. The van der Waals surface area contributed by atoms with Crippen LogP contribution in [0.15, 0.2) is 18.7 Å². The van der Waals surface area contributed by atoms with Crippen LogP contribution in [0.2, 0.25) is 0 Å². The van der Waals surface area contributed by atoms with E-state index in [-0.39, 0.29) is 0 Å². The SMILES string of the molecule is CCc1nccn1-c1ncnc2c1CCCCC2. The van der Waals surface area contributed by atoms with Crippen molar-refractivity contribution in [2.75, 3.05) is 0 Å². The zero-order chi connectivity index (χ0) is 12.4. The first kappa shape index (κ1) is 11.4. The van der Waals surface area contributed by atoms with Gasteiger partial charge in [-0.05, 0) is 25.7 Å². The van der Waals surface area contributed by atoms with E-state index in [1.165, 1.54) is 30.5 Å². The van der Waals surface area contributed by atoms with E-state index in [0.29, 0.717) is 0 Å². The van der Waals surface area contributed by atoms with Gasteiger partial charge in [-0.25, -0.2) is 15.0 Å². The van der Waals surface area contributed by atoms with E-state index in [4.69, 9.17) is 0 Å². The first-order chi connectivity index (χ1) is 8.90. The van der Waals surface area contributed by atoms with Gasteiger partial charge in [-0.3, -0.25) is 4.57 Å². The van der Waals surface area contributed by atoms with Gasteiger partial charge in [0.2, 0.25) is 0 Å². The molecule has 0 atom stereocenters. The van der Waals surface area contributed by atoms with Crippen molar-refractivity contribution >= 4 is 0 Å². The van der Waals surface area contributed by atoms with Crippen molar-refractivity contribution in [3.63, 3.8) is 0 Å². The summed E-state index contributed by atoms with van der Waals surface area (Å²) in [5.74, 6) is 2.11. The maximum atomic E-state index is 4.50. The van der Waals surface area contributed by atoms with E-state index in [9.17, 15) is 0 Å². The van der Waals surface area contributed by atoms with Gasteiger partial charge < -0.3 is 0 Å². The molecule has 0 unspecified atom stereocenters. The van der Waals surface area contributed by atoms with E-state index in [0.717, 1.165) is 30.9 Å². The van der Waals surface area contributed by atoms with Gasteiger partial charge in [0.05, 0.1) is 0 Å². The average molecular weight is 242 g/mol. The second-order valence-electron chi connectivity index (χ2n) is 4.75. The van der Waals surface area contributed by atoms with Gasteiger partial charge in [0.1, 0.15) is 18.0 Å². The third-order valence-corrected chi connectivity index (χ3v) is 3.61. The molecule has 4 nitrogen and oxygen atoms in total. The van der Waals surface area contributed by atoms with Crippen LogP contribution < -0.4 is 0 Å². The quantitative estimate of drug-likeness (QED) is 0.760. The number of aromatic nitrogens is 4. The number of fused-ring (bicyclic) bond motifs is 1. The fourth-order valence-electron chi connectivity index (χ4n) is 2.68. The van der Waals surface area contributed by atoms with Crippen molar-refractivity contribution < 1.29 is 0 Å². The molecule has 4 heteroatoms. The molecule has 2 heterocycles. The molecule has 0 amide bonds. The average Bonchev–Trinajstić information content (AvgIpc) is 2.74. The third kappa shape index (κ3) is 1.92. The van der Waals surface area contributed by atoms with Crippen LogP contribution in [-0.4, -0.2) is 19.5 Å². The van der Waals surface area contributed by atoms with E-state index < -0.39 is 0 Å². The number of imidazole rings is 1. The van der Waals surface area contributed by atoms with E-state index in [1.807, 2.05) is 12.4 Å². The first-order valence-corrected chi connectivity index (χ1v) is 6.75. The predicted octanol–water partition coefficient (Wildman–Crippen LogP) is 2.49. The van der Waals surface area contributed by atoms with Gasteiger partial charge in [0, 0.05) is 30.1 Å². The highest BCUT2D eigenvalue weighted by Crippen LogP contribution is 2.23. The van der Waals surface area contributed by atoms with E-state index in [1.54, 1.807) is 6.33 Å². The van der Waals surface area contributed by atoms with Gasteiger partial charge in [-0.15, -0.1) is 0 Å². The summed E-state index contributed by atoms with van der Waals surface area (Å²) in [5.41, 5.74) is 2.55. The fraction of sp³-hybridized carbons (Fsp3) is 0.500. The molecule has 0 N–H and O–H groups in total. The number of hydrogen-bond donors (Lipinski definition) is 0. The molecule has 94 valence electrons. The molecule has 0 spiro atoms. The fourth-order valence-corrected chi connectivity index (χ4v) is 2.68. The van der Waals surface area contributed by atoms with E-state index in [2.05, 4.69) is 26.4 Å². The Morgan fingerprint density at radius 2 is 2.00 bits per heavy atom. The molecule has 1 aliphatic carbocycles. The minimum atomic E-state index is 0.922. The summed E-state index contributed by atoms with van der Waals surface area (Å²) >= 11 is 0. The number of rotatable bonds is 2. The molecule has 1 aliphatic rings. The lowest BCUT2D eigenvalue weighted by Gasteiger charge is -2.12. The summed E-state index contributed by atoms with van der Waals surface area (Å²) in [4.78, 5) is 13.3. The van der Waals surface area contributed by atoms with Crippen molar-refractivity contribution in [2.24, 2.45) is 0 Å². The largest absolute Gasteiger partial charge is 0.288 e. The van der Waals surface area contributed by atoms with Crippen molar-refractivity contribution in [2.45, 2.75) is 45.4 Å². The van der Waals surface area contributed by atoms with Crippen LogP contribution in [0.25, 0.3) is 5.82 Å². The van der Waals surface area contributed by atoms with Gasteiger partial charge >= 0.3 is 0 Å². The molecule has 3 rings (SSSR count). The maximum Gasteiger partial charge on any atom is 0.144 e. The van der Waals surface area contributed by atoms with Gasteiger partial charge in [0.15, 0.2) is 0 Å². The van der Waals surface area contributed by atoms with Crippen LogP contribution in [-0.2, 0) is 19.3 Å². The Hall–Kier alpha value is -1.71. The Bertz CT molecular complexity index is 544.